The minimum atomic E-state index is 0.551. The van der Waals surface area contributed by atoms with Gasteiger partial charge in [0.25, 0.3) is 0 Å². The van der Waals surface area contributed by atoms with Gasteiger partial charge in [-0.2, -0.15) is 5.10 Å². The molecule has 1 aliphatic rings. The lowest BCUT2D eigenvalue weighted by Gasteiger charge is -2.25. The summed E-state index contributed by atoms with van der Waals surface area (Å²) in [5, 5.41) is 10.2. The fraction of sp³-hybridized carbons (Fsp3) is 0.385. The summed E-state index contributed by atoms with van der Waals surface area (Å²) < 4.78 is 0. The van der Waals surface area contributed by atoms with Crippen molar-refractivity contribution < 1.29 is 0 Å². The largest absolute Gasteiger partial charge is 0.307 e. The van der Waals surface area contributed by atoms with E-state index in [4.69, 9.17) is 0 Å². The van der Waals surface area contributed by atoms with Crippen LogP contribution in [0.3, 0.4) is 0 Å². The van der Waals surface area contributed by atoms with Crippen LogP contribution in [-0.4, -0.2) is 21.2 Å². The molecule has 2 aromatic rings. The first-order chi connectivity index (χ1) is 8.42. The molecule has 1 heterocycles. The summed E-state index contributed by atoms with van der Waals surface area (Å²) in [6.07, 6.45) is 5.03. The molecule has 0 saturated carbocycles. The van der Waals surface area contributed by atoms with E-state index < -0.39 is 0 Å². The first-order valence-corrected chi connectivity index (χ1v) is 6.06. The molecule has 1 aromatic carbocycles. The van der Waals surface area contributed by atoms with Gasteiger partial charge in [0.2, 0.25) is 0 Å². The molecule has 0 radical (unpaired) electrons. The van der Waals surface area contributed by atoms with E-state index in [0.29, 0.717) is 6.04 Å². The third kappa shape index (κ3) is 2.36. The lowest BCUT2D eigenvalue weighted by molar-refractivity contribution is 0.451. The van der Waals surface area contributed by atoms with Gasteiger partial charge in [-0.25, -0.2) is 4.98 Å². The number of aryl methyl sites for hydroxylation is 1. The standard InChI is InChI=1S/C13H16N4/c1-2-4-11-7-12(6-5-10(11)3-1)14-8-13-15-9-16-17-13/h1-4,9,12,14H,5-8H2,(H,15,16,17). The Morgan fingerprint density at radius 3 is 3.00 bits per heavy atom. The van der Waals surface area contributed by atoms with E-state index in [0.717, 1.165) is 18.8 Å². The molecular formula is C13H16N4. The molecular weight excluding hydrogens is 212 g/mol. The van der Waals surface area contributed by atoms with Crippen molar-refractivity contribution in [3.05, 3.63) is 47.5 Å². The van der Waals surface area contributed by atoms with Gasteiger partial charge in [-0.05, 0) is 30.4 Å². The maximum Gasteiger partial charge on any atom is 0.138 e. The normalized spacial score (nSPS) is 18.9. The molecule has 4 nitrogen and oxygen atoms in total. The summed E-state index contributed by atoms with van der Waals surface area (Å²) in [6.45, 7) is 0.771. The zero-order valence-corrected chi connectivity index (χ0v) is 9.69. The number of nitrogens with zero attached hydrogens (tertiary/aromatic N) is 2. The van der Waals surface area contributed by atoms with Crippen LogP contribution in [0.1, 0.15) is 23.4 Å². The molecule has 88 valence electrons. The van der Waals surface area contributed by atoms with Gasteiger partial charge in [0.1, 0.15) is 12.2 Å². The van der Waals surface area contributed by atoms with E-state index in [2.05, 4.69) is 44.8 Å². The number of fused-ring (bicyclic) bond motifs is 1. The van der Waals surface area contributed by atoms with Gasteiger partial charge in [0, 0.05) is 6.04 Å². The Balaban J connectivity index is 1.61. The van der Waals surface area contributed by atoms with Gasteiger partial charge in [0.15, 0.2) is 0 Å². The molecule has 2 N–H and O–H groups in total. The first kappa shape index (κ1) is 10.5. The maximum atomic E-state index is 4.12. The number of hydrogen-bond donors (Lipinski definition) is 2. The van der Waals surface area contributed by atoms with Gasteiger partial charge in [-0.1, -0.05) is 24.3 Å². The molecule has 0 spiro atoms. The number of hydrogen-bond acceptors (Lipinski definition) is 3. The van der Waals surface area contributed by atoms with Gasteiger partial charge in [0.05, 0.1) is 6.54 Å². The van der Waals surface area contributed by atoms with Crippen molar-refractivity contribution in [1.82, 2.24) is 20.5 Å². The molecule has 0 aliphatic heterocycles. The van der Waals surface area contributed by atoms with Crippen LogP contribution < -0.4 is 5.32 Å². The first-order valence-electron chi connectivity index (χ1n) is 6.06. The zero-order valence-electron chi connectivity index (χ0n) is 9.69. The molecule has 17 heavy (non-hydrogen) atoms. The zero-order chi connectivity index (χ0) is 11.5. The Bertz CT molecular complexity index is 478. The van der Waals surface area contributed by atoms with Crippen LogP contribution in [0, 0.1) is 0 Å². The van der Waals surface area contributed by atoms with Crippen molar-refractivity contribution in [3.63, 3.8) is 0 Å². The van der Waals surface area contributed by atoms with Crippen LogP contribution in [0.15, 0.2) is 30.6 Å². The molecule has 0 saturated heterocycles. The number of nitrogens with one attached hydrogen (secondary N) is 2. The summed E-state index contributed by atoms with van der Waals surface area (Å²) >= 11 is 0. The second-order valence-corrected chi connectivity index (χ2v) is 4.52. The van der Waals surface area contributed by atoms with Crippen LogP contribution in [-0.2, 0) is 19.4 Å². The van der Waals surface area contributed by atoms with Crippen molar-refractivity contribution in [2.45, 2.75) is 31.8 Å². The third-order valence-electron chi connectivity index (χ3n) is 3.37. The van der Waals surface area contributed by atoms with Crippen molar-refractivity contribution in [2.75, 3.05) is 0 Å². The Hall–Kier alpha value is -1.68. The second-order valence-electron chi connectivity index (χ2n) is 4.52. The SMILES string of the molecule is c1ccc2c(c1)CCC(NCc1ncn[nH]1)C2. The average Bonchev–Trinajstić information content (AvgIpc) is 2.89. The maximum absolute atomic E-state index is 4.12. The van der Waals surface area contributed by atoms with Crippen molar-refractivity contribution >= 4 is 0 Å². The number of aromatic nitrogens is 3. The second kappa shape index (κ2) is 4.67. The summed E-state index contributed by atoms with van der Waals surface area (Å²) in [6, 6.07) is 9.27. The third-order valence-corrected chi connectivity index (χ3v) is 3.37. The average molecular weight is 228 g/mol. The van der Waals surface area contributed by atoms with E-state index in [-0.39, 0.29) is 0 Å². The number of aromatic amines is 1. The van der Waals surface area contributed by atoms with Crippen LogP contribution in [0.25, 0.3) is 0 Å². The predicted molar refractivity (Wildman–Crippen MR) is 65.5 cm³/mol. The van der Waals surface area contributed by atoms with E-state index in [1.807, 2.05) is 0 Å². The van der Waals surface area contributed by atoms with E-state index in [9.17, 15) is 0 Å². The quantitative estimate of drug-likeness (QED) is 0.836. The highest BCUT2D eigenvalue weighted by Gasteiger charge is 2.17. The van der Waals surface area contributed by atoms with Crippen LogP contribution in [0.5, 0.6) is 0 Å². The monoisotopic (exact) mass is 228 g/mol. The fourth-order valence-electron chi connectivity index (χ4n) is 2.43. The molecule has 1 atom stereocenters. The molecule has 4 heteroatoms. The summed E-state index contributed by atoms with van der Waals surface area (Å²) in [7, 11) is 0. The smallest absolute Gasteiger partial charge is 0.138 e. The minimum Gasteiger partial charge on any atom is -0.307 e. The van der Waals surface area contributed by atoms with Crippen molar-refractivity contribution in [2.24, 2.45) is 0 Å². The van der Waals surface area contributed by atoms with Crippen LogP contribution >= 0.6 is 0 Å². The molecule has 0 amide bonds. The number of H-pyrrole nitrogens is 1. The molecule has 1 aliphatic carbocycles. The van der Waals surface area contributed by atoms with Crippen molar-refractivity contribution in [1.29, 1.82) is 0 Å². The van der Waals surface area contributed by atoms with Gasteiger partial charge >= 0.3 is 0 Å². The lowest BCUT2D eigenvalue weighted by atomic mass is 9.88. The van der Waals surface area contributed by atoms with E-state index in [1.54, 1.807) is 6.33 Å². The van der Waals surface area contributed by atoms with Crippen molar-refractivity contribution in [3.8, 4) is 0 Å². The Morgan fingerprint density at radius 1 is 1.29 bits per heavy atom. The van der Waals surface area contributed by atoms with Crippen LogP contribution in [0.4, 0.5) is 0 Å². The number of rotatable bonds is 3. The van der Waals surface area contributed by atoms with E-state index >= 15 is 0 Å². The highest BCUT2D eigenvalue weighted by molar-refractivity contribution is 5.30. The molecule has 3 rings (SSSR count). The predicted octanol–water partition coefficient (Wildman–Crippen LogP) is 1.45. The molecule has 1 aromatic heterocycles. The van der Waals surface area contributed by atoms with E-state index in [1.165, 1.54) is 24.0 Å². The molecule has 1 unspecified atom stereocenters. The van der Waals surface area contributed by atoms with Gasteiger partial charge in [-0.3, -0.25) is 5.10 Å². The van der Waals surface area contributed by atoms with Gasteiger partial charge in [-0.15, -0.1) is 0 Å². The Morgan fingerprint density at radius 2 is 2.18 bits per heavy atom. The lowest BCUT2D eigenvalue weighted by Crippen LogP contribution is -2.34. The fourth-order valence-corrected chi connectivity index (χ4v) is 2.43. The summed E-state index contributed by atoms with van der Waals surface area (Å²) in [4.78, 5) is 4.12. The van der Waals surface area contributed by atoms with Crippen LogP contribution in [0.2, 0.25) is 0 Å². The minimum absolute atomic E-state index is 0.551. The highest BCUT2D eigenvalue weighted by Crippen LogP contribution is 2.20. The Kier molecular flexibility index (Phi) is 2.88. The topological polar surface area (TPSA) is 53.6 Å². The Labute approximate surface area is 100 Å². The number of benzene rings is 1. The highest BCUT2D eigenvalue weighted by atomic mass is 15.2. The summed E-state index contributed by atoms with van der Waals surface area (Å²) in [5.74, 6) is 0.906. The summed E-state index contributed by atoms with van der Waals surface area (Å²) in [5.41, 5.74) is 2.99. The molecule has 0 bridgehead atoms. The molecule has 0 fully saturated rings. The van der Waals surface area contributed by atoms with Gasteiger partial charge < -0.3 is 5.32 Å².